The molecule has 3 rings (SSSR count). The van der Waals surface area contributed by atoms with Crippen molar-refractivity contribution in [1.82, 2.24) is 34.3 Å². The van der Waals surface area contributed by atoms with Crippen molar-refractivity contribution in [3.63, 3.8) is 0 Å². The van der Waals surface area contributed by atoms with Crippen LogP contribution in [0, 0.1) is 6.92 Å². The second-order valence-electron chi connectivity index (χ2n) is 6.01. The Morgan fingerprint density at radius 2 is 1.93 bits per heavy atom. The number of para-hydroxylation sites is 1. The summed E-state index contributed by atoms with van der Waals surface area (Å²) in [7, 11) is -0.0612. The molecule has 0 aliphatic heterocycles. The molecule has 1 aromatic carbocycles. The molecule has 0 aliphatic rings. The van der Waals surface area contributed by atoms with Gasteiger partial charge in [0, 0.05) is 12.8 Å². The molecule has 0 aliphatic carbocycles. The van der Waals surface area contributed by atoms with Crippen LogP contribution >= 0.6 is 11.8 Å². The van der Waals surface area contributed by atoms with Gasteiger partial charge in [-0.2, -0.15) is 4.68 Å². The van der Waals surface area contributed by atoms with Gasteiger partial charge in [-0.3, -0.25) is 9.48 Å². The van der Waals surface area contributed by atoms with Gasteiger partial charge in [-0.1, -0.05) is 30.0 Å². The number of rotatable bonds is 8. The molecule has 3 aromatic rings. The molecule has 0 spiro atoms. The average molecular weight is 424 g/mol. The molecule has 2 heterocycles. The van der Waals surface area contributed by atoms with Crippen LogP contribution in [0.2, 0.25) is 0 Å². The molecule has 1 N–H and O–H groups in total. The number of hydrogen-bond donors (Lipinski definition) is 1. The highest BCUT2D eigenvalue weighted by Crippen LogP contribution is 2.20. The summed E-state index contributed by atoms with van der Waals surface area (Å²) < 4.78 is 30.0. The first-order valence-corrected chi connectivity index (χ1v) is 11.2. The minimum atomic E-state index is -3.25. The first-order valence-electron chi connectivity index (χ1n) is 8.52. The number of aromatic nitrogens is 6. The molecular formula is C16H21N7O3S2. The summed E-state index contributed by atoms with van der Waals surface area (Å²) in [5.74, 6) is 0.517. The van der Waals surface area contributed by atoms with Crippen LogP contribution in [0.15, 0.2) is 40.3 Å². The van der Waals surface area contributed by atoms with E-state index in [4.69, 9.17) is 0 Å². The van der Waals surface area contributed by atoms with Crippen LogP contribution in [0.5, 0.6) is 0 Å². The molecule has 0 radical (unpaired) electrons. The minimum Gasteiger partial charge on any atom is -0.283 e. The lowest BCUT2D eigenvalue weighted by Crippen LogP contribution is -2.22. The van der Waals surface area contributed by atoms with Crippen molar-refractivity contribution in [2.24, 2.45) is 7.05 Å². The summed E-state index contributed by atoms with van der Waals surface area (Å²) in [6.45, 7) is 1.83. The average Bonchev–Trinajstić information content (AvgIpc) is 3.22. The van der Waals surface area contributed by atoms with Crippen molar-refractivity contribution in [3.8, 4) is 11.4 Å². The number of nitrogens with one attached hydrogen (secondary N) is 1. The van der Waals surface area contributed by atoms with E-state index >= 15 is 0 Å². The predicted molar refractivity (Wildman–Crippen MR) is 107 cm³/mol. The van der Waals surface area contributed by atoms with Crippen molar-refractivity contribution in [1.29, 1.82) is 0 Å². The van der Waals surface area contributed by atoms with E-state index < -0.39 is 10.0 Å². The number of benzene rings is 1. The van der Waals surface area contributed by atoms with Crippen molar-refractivity contribution in [3.05, 3.63) is 46.4 Å². The Kier molecular flexibility index (Phi) is 6.01. The first kappa shape index (κ1) is 20.3. The second kappa shape index (κ2) is 8.29. The summed E-state index contributed by atoms with van der Waals surface area (Å²) in [6.07, 6.45) is 0.433. The van der Waals surface area contributed by atoms with Gasteiger partial charge in [-0.15, -0.1) is 5.10 Å². The maximum atomic E-state index is 13.1. The summed E-state index contributed by atoms with van der Waals surface area (Å²) in [4.78, 5) is 13.1. The van der Waals surface area contributed by atoms with Crippen LogP contribution in [0.3, 0.4) is 0 Å². The highest BCUT2D eigenvalue weighted by Gasteiger charge is 2.21. The van der Waals surface area contributed by atoms with Crippen molar-refractivity contribution in [2.75, 3.05) is 18.6 Å². The topological polar surface area (TPSA) is 117 Å². The molecule has 0 unspecified atom stereocenters. The second-order valence-corrected chi connectivity index (χ2v) is 9.12. The van der Waals surface area contributed by atoms with Crippen LogP contribution in [-0.4, -0.2) is 56.5 Å². The molecule has 10 nitrogen and oxygen atoms in total. The first-order chi connectivity index (χ1) is 13.4. The monoisotopic (exact) mass is 423 g/mol. The van der Waals surface area contributed by atoms with Crippen LogP contribution in [0.4, 0.5) is 0 Å². The molecule has 0 fully saturated rings. The molecule has 0 saturated heterocycles. The normalized spacial score (nSPS) is 11.8. The summed E-state index contributed by atoms with van der Waals surface area (Å²) in [5, 5.41) is 12.1. The zero-order valence-electron chi connectivity index (χ0n) is 15.7. The highest BCUT2D eigenvalue weighted by atomic mass is 32.2. The lowest BCUT2D eigenvalue weighted by molar-refractivity contribution is 0.587. The molecular weight excluding hydrogens is 402 g/mol. The van der Waals surface area contributed by atoms with Crippen LogP contribution in [0.1, 0.15) is 12.1 Å². The Hall–Kier alpha value is -2.44. The Morgan fingerprint density at radius 3 is 2.61 bits per heavy atom. The standard InChI is InChI=1S/C16H21N7O3S2/c1-12-14(15(24)23(21(12)3)13-8-5-4-6-9-13)22-16(18-19-20-22)27-10-7-11-28(25,26)17-2/h4-6,8-9,17H,7,10-11H2,1-3H3. The Labute approximate surface area is 166 Å². The van der Waals surface area contributed by atoms with E-state index in [1.54, 1.807) is 16.4 Å². The smallest absolute Gasteiger partial charge is 0.283 e. The third kappa shape index (κ3) is 4.03. The van der Waals surface area contributed by atoms with Gasteiger partial charge >= 0.3 is 0 Å². The molecule has 12 heteroatoms. The van der Waals surface area contributed by atoms with Crippen LogP contribution < -0.4 is 10.3 Å². The highest BCUT2D eigenvalue weighted by molar-refractivity contribution is 7.99. The fourth-order valence-corrected chi connectivity index (χ4v) is 4.45. The van der Waals surface area contributed by atoms with Gasteiger partial charge < -0.3 is 0 Å². The third-order valence-electron chi connectivity index (χ3n) is 4.28. The molecule has 0 saturated carbocycles. The number of sulfonamides is 1. The summed E-state index contributed by atoms with van der Waals surface area (Å²) >= 11 is 1.31. The molecule has 0 amide bonds. The van der Waals surface area contributed by atoms with Crippen molar-refractivity contribution in [2.45, 2.75) is 18.5 Å². The zero-order valence-corrected chi connectivity index (χ0v) is 17.4. The fourth-order valence-electron chi connectivity index (χ4n) is 2.72. The maximum Gasteiger partial charge on any atom is 0.297 e. The van der Waals surface area contributed by atoms with Crippen molar-refractivity contribution < 1.29 is 8.42 Å². The van der Waals surface area contributed by atoms with Crippen molar-refractivity contribution >= 4 is 21.8 Å². The molecule has 0 atom stereocenters. The zero-order chi connectivity index (χ0) is 20.3. The summed E-state index contributed by atoms with van der Waals surface area (Å²) in [5.41, 5.74) is 1.57. The van der Waals surface area contributed by atoms with E-state index in [-0.39, 0.29) is 11.3 Å². The van der Waals surface area contributed by atoms with Crippen LogP contribution in [0.25, 0.3) is 11.4 Å². The molecule has 28 heavy (non-hydrogen) atoms. The predicted octanol–water partition coefficient (Wildman–Crippen LogP) is 0.492. The van der Waals surface area contributed by atoms with Gasteiger partial charge in [-0.05, 0) is 43.0 Å². The lowest BCUT2D eigenvalue weighted by Gasteiger charge is -2.07. The SMILES string of the molecule is CNS(=O)(=O)CCCSc1nnnn1-c1c(C)n(C)n(-c2ccccc2)c1=O. The van der Waals surface area contributed by atoms with Gasteiger partial charge in [-0.25, -0.2) is 17.8 Å². The van der Waals surface area contributed by atoms with E-state index in [1.165, 1.54) is 23.5 Å². The van der Waals surface area contributed by atoms with Gasteiger partial charge in [0.1, 0.15) is 0 Å². The van der Waals surface area contributed by atoms with Gasteiger partial charge in [0.15, 0.2) is 5.69 Å². The number of tetrazole rings is 1. The number of thioether (sulfide) groups is 1. The lowest BCUT2D eigenvalue weighted by atomic mass is 10.3. The quantitative estimate of drug-likeness (QED) is 0.414. The molecule has 150 valence electrons. The van der Waals surface area contributed by atoms with E-state index in [1.807, 2.05) is 37.3 Å². The van der Waals surface area contributed by atoms with Gasteiger partial charge in [0.25, 0.3) is 5.56 Å². The number of hydrogen-bond acceptors (Lipinski definition) is 7. The Morgan fingerprint density at radius 1 is 1.21 bits per heavy atom. The minimum absolute atomic E-state index is 0.0171. The van der Waals surface area contributed by atoms with Gasteiger partial charge in [0.05, 0.1) is 17.1 Å². The summed E-state index contributed by atoms with van der Waals surface area (Å²) in [6, 6.07) is 9.31. The fraction of sp³-hybridized carbons (Fsp3) is 0.375. The third-order valence-corrected chi connectivity index (χ3v) is 6.73. The van der Waals surface area contributed by atoms with Gasteiger partial charge in [0.2, 0.25) is 15.2 Å². The Balaban J connectivity index is 1.88. The molecule has 0 bridgehead atoms. The van der Waals surface area contributed by atoms with E-state index in [0.717, 1.165) is 5.69 Å². The Bertz CT molecular complexity index is 1120. The van der Waals surface area contributed by atoms with E-state index in [2.05, 4.69) is 20.2 Å². The molecule has 2 aromatic heterocycles. The van der Waals surface area contributed by atoms with E-state index in [0.29, 0.717) is 28.7 Å². The van der Waals surface area contributed by atoms with E-state index in [9.17, 15) is 13.2 Å². The maximum absolute atomic E-state index is 13.1. The van der Waals surface area contributed by atoms with Crippen LogP contribution in [-0.2, 0) is 17.1 Å². The number of nitrogens with zero attached hydrogens (tertiary/aromatic N) is 6. The largest absolute Gasteiger partial charge is 0.297 e.